The molecule has 2 aromatic carbocycles. The van der Waals surface area contributed by atoms with Crippen LogP contribution in [-0.4, -0.2) is 13.0 Å². The van der Waals surface area contributed by atoms with Crippen molar-refractivity contribution in [2.24, 2.45) is 0 Å². The van der Waals surface area contributed by atoms with Gasteiger partial charge in [-0.1, -0.05) is 39.0 Å². The Bertz CT molecular complexity index is 983. The Hall–Kier alpha value is -2.82. The van der Waals surface area contributed by atoms with Gasteiger partial charge in [-0.05, 0) is 36.1 Å². The molecule has 0 saturated heterocycles. The third-order valence-corrected chi connectivity index (χ3v) is 4.44. The van der Waals surface area contributed by atoms with E-state index in [1.54, 1.807) is 26.2 Å². The standard InChI is InChI=1S/C21H22FNO3/c1-12-14-7-6-8-15(22)19(14)26-18(12)20(24)23-16-11-13(21(2,3)4)9-10-17(16)25-5/h6-11H,1-5H3,(H,23,24). The number of hydrogen-bond donors (Lipinski definition) is 1. The van der Waals surface area contributed by atoms with Crippen molar-refractivity contribution in [3.05, 3.63) is 59.1 Å². The average molecular weight is 355 g/mol. The van der Waals surface area contributed by atoms with Crippen molar-refractivity contribution in [2.45, 2.75) is 33.1 Å². The number of fused-ring (bicyclic) bond motifs is 1. The molecule has 1 aromatic heterocycles. The summed E-state index contributed by atoms with van der Waals surface area (Å²) in [4.78, 5) is 12.8. The summed E-state index contributed by atoms with van der Waals surface area (Å²) in [6, 6.07) is 10.3. The van der Waals surface area contributed by atoms with Crippen LogP contribution < -0.4 is 10.1 Å². The number of hydrogen-bond acceptors (Lipinski definition) is 3. The Balaban J connectivity index is 2.00. The number of carbonyl (C=O) groups excluding carboxylic acids is 1. The summed E-state index contributed by atoms with van der Waals surface area (Å²) >= 11 is 0. The van der Waals surface area contributed by atoms with E-state index >= 15 is 0 Å². The van der Waals surface area contributed by atoms with E-state index in [9.17, 15) is 9.18 Å². The van der Waals surface area contributed by atoms with Crippen LogP contribution in [0.25, 0.3) is 11.0 Å². The molecule has 4 nitrogen and oxygen atoms in total. The van der Waals surface area contributed by atoms with Crippen LogP contribution in [0.3, 0.4) is 0 Å². The summed E-state index contributed by atoms with van der Waals surface area (Å²) in [5, 5.41) is 3.42. The lowest BCUT2D eigenvalue weighted by Gasteiger charge is -2.21. The molecule has 0 fully saturated rings. The number of halogens is 1. The number of ether oxygens (including phenoxy) is 1. The fourth-order valence-corrected chi connectivity index (χ4v) is 2.88. The van der Waals surface area contributed by atoms with E-state index in [-0.39, 0.29) is 16.8 Å². The van der Waals surface area contributed by atoms with E-state index < -0.39 is 11.7 Å². The molecule has 0 bridgehead atoms. The average Bonchev–Trinajstić information content (AvgIpc) is 2.92. The van der Waals surface area contributed by atoms with Gasteiger partial charge in [-0.25, -0.2) is 4.39 Å². The lowest BCUT2D eigenvalue weighted by atomic mass is 9.87. The predicted molar refractivity (Wildman–Crippen MR) is 101 cm³/mol. The normalized spacial score (nSPS) is 11.6. The first-order valence-electron chi connectivity index (χ1n) is 8.40. The molecule has 1 amide bonds. The van der Waals surface area contributed by atoms with Crippen molar-refractivity contribution in [2.75, 3.05) is 12.4 Å². The zero-order valence-electron chi connectivity index (χ0n) is 15.6. The number of nitrogens with one attached hydrogen (secondary N) is 1. The number of amides is 1. The number of benzene rings is 2. The molecule has 1 heterocycles. The topological polar surface area (TPSA) is 51.5 Å². The highest BCUT2D eigenvalue weighted by atomic mass is 19.1. The van der Waals surface area contributed by atoms with Crippen molar-refractivity contribution in [1.82, 2.24) is 0 Å². The number of furan rings is 1. The van der Waals surface area contributed by atoms with Crippen LogP contribution in [-0.2, 0) is 5.41 Å². The SMILES string of the molecule is COc1ccc(C(C)(C)C)cc1NC(=O)c1oc2c(F)cccc2c1C. The van der Waals surface area contributed by atoms with E-state index in [0.717, 1.165) is 5.56 Å². The second-order valence-electron chi connectivity index (χ2n) is 7.29. The van der Waals surface area contributed by atoms with E-state index in [0.29, 0.717) is 22.4 Å². The summed E-state index contributed by atoms with van der Waals surface area (Å²) in [5.74, 6) is -0.293. The molecule has 26 heavy (non-hydrogen) atoms. The number of aryl methyl sites for hydroxylation is 1. The minimum Gasteiger partial charge on any atom is -0.495 e. The number of rotatable bonds is 3. The fourth-order valence-electron chi connectivity index (χ4n) is 2.88. The van der Waals surface area contributed by atoms with Gasteiger partial charge in [0.15, 0.2) is 17.2 Å². The summed E-state index contributed by atoms with van der Waals surface area (Å²) in [5.41, 5.74) is 2.21. The highest BCUT2D eigenvalue weighted by Gasteiger charge is 2.22. The van der Waals surface area contributed by atoms with Gasteiger partial charge in [0.05, 0.1) is 12.8 Å². The zero-order valence-corrected chi connectivity index (χ0v) is 15.6. The number of carbonyl (C=O) groups is 1. The predicted octanol–water partition coefficient (Wildman–Crippen LogP) is 5.44. The zero-order chi connectivity index (χ0) is 19.1. The maximum Gasteiger partial charge on any atom is 0.291 e. The Kier molecular flexibility index (Phi) is 4.48. The summed E-state index contributed by atoms with van der Waals surface area (Å²) < 4.78 is 24.8. The van der Waals surface area contributed by atoms with E-state index in [4.69, 9.17) is 9.15 Å². The first kappa shape index (κ1) is 18.0. The van der Waals surface area contributed by atoms with Crippen molar-refractivity contribution in [3.8, 4) is 5.75 Å². The van der Waals surface area contributed by atoms with Crippen LogP contribution in [0.5, 0.6) is 5.75 Å². The first-order valence-corrected chi connectivity index (χ1v) is 8.40. The van der Waals surface area contributed by atoms with Crippen molar-refractivity contribution >= 4 is 22.6 Å². The number of para-hydroxylation sites is 1. The molecular formula is C21H22FNO3. The summed E-state index contributed by atoms with van der Waals surface area (Å²) in [7, 11) is 1.55. The minimum absolute atomic E-state index is 0.0792. The molecule has 3 aromatic rings. The molecule has 0 spiro atoms. The van der Waals surface area contributed by atoms with E-state index in [2.05, 4.69) is 26.1 Å². The van der Waals surface area contributed by atoms with Gasteiger partial charge < -0.3 is 14.5 Å². The van der Waals surface area contributed by atoms with Crippen molar-refractivity contribution in [1.29, 1.82) is 0 Å². The van der Waals surface area contributed by atoms with Gasteiger partial charge in [0, 0.05) is 10.9 Å². The van der Waals surface area contributed by atoms with Gasteiger partial charge in [-0.15, -0.1) is 0 Å². The summed E-state index contributed by atoms with van der Waals surface area (Å²) in [6.07, 6.45) is 0. The lowest BCUT2D eigenvalue weighted by Crippen LogP contribution is -2.15. The lowest BCUT2D eigenvalue weighted by molar-refractivity contribution is 0.0997. The molecule has 0 saturated carbocycles. The van der Waals surface area contributed by atoms with E-state index in [1.165, 1.54) is 6.07 Å². The maximum absolute atomic E-state index is 13.9. The summed E-state index contributed by atoms with van der Waals surface area (Å²) in [6.45, 7) is 8.01. The van der Waals surface area contributed by atoms with Gasteiger partial charge in [-0.3, -0.25) is 4.79 Å². The molecule has 0 aliphatic heterocycles. The molecular weight excluding hydrogens is 333 g/mol. The van der Waals surface area contributed by atoms with Gasteiger partial charge in [-0.2, -0.15) is 0 Å². The molecule has 5 heteroatoms. The Morgan fingerprint density at radius 2 is 1.92 bits per heavy atom. The van der Waals surface area contributed by atoms with Crippen LogP contribution in [0.4, 0.5) is 10.1 Å². The maximum atomic E-state index is 13.9. The Morgan fingerprint density at radius 1 is 1.19 bits per heavy atom. The van der Waals surface area contributed by atoms with Gasteiger partial charge in [0.2, 0.25) is 0 Å². The van der Waals surface area contributed by atoms with Gasteiger partial charge in [0.1, 0.15) is 5.75 Å². The smallest absolute Gasteiger partial charge is 0.291 e. The van der Waals surface area contributed by atoms with Crippen LogP contribution in [0, 0.1) is 12.7 Å². The molecule has 0 radical (unpaired) electrons. The quantitative estimate of drug-likeness (QED) is 0.681. The highest BCUT2D eigenvalue weighted by molar-refractivity contribution is 6.07. The van der Waals surface area contributed by atoms with Crippen LogP contribution in [0.2, 0.25) is 0 Å². The van der Waals surface area contributed by atoms with Crippen LogP contribution >= 0.6 is 0 Å². The second kappa shape index (κ2) is 6.48. The molecule has 0 aliphatic rings. The van der Waals surface area contributed by atoms with Crippen LogP contribution in [0.15, 0.2) is 40.8 Å². The Morgan fingerprint density at radius 3 is 2.54 bits per heavy atom. The monoisotopic (exact) mass is 355 g/mol. The molecule has 0 atom stereocenters. The highest BCUT2D eigenvalue weighted by Crippen LogP contribution is 2.33. The third-order valence-electron chi connectivity index (χ3n) is 4.44. The van der Waals surface area contributed by atoms with Gasteiger partial charge in [0.25, 0.3) is 5.91 Å². The number of methoxy groups -OCH3 is 1. The molecule has 136 valence electrons. The first-order chi connectivity index (χ1) is 12.2. The van der Waals surface area contributed by atoms with E-state index in [1.807, 2.05) is 18.2 Å². The minimum atomic E-state index is -0.489. The van der Waals surface area contributed by atoms with Gasteiger partial charge >= 0.3 is 0 Å². The molecule has 0 unspecified atom stereocenters. The largest absolute Gasteiger partial charge is 0.495 e. The van der Waals surface area contributed by atoms with Crippen molar-refractivity contribution < 1.29 is 18.3 Å². The Labute approximate surface area is 152 Å². The third kappa shape index (κ3) is 3.17. The molecule has 3 rings (SSSR count). The van der Waals surface area contributed by atoms with Crippen molar-refractivity contribution in [3.63, 3.8) is 0 Å². The van der Waals surface area contributed by atoms with Crippen LogP contribution in [0.1, 0.15) is 42.5 Å². The fraction of sp³-hybridized carbons (Fsp3) is 0.286. The molecule has 0 aliphatic carbocycles. The second-order valence-corrected chi connectivity index (χ2v) is 7.29. The molecule has 1 N–H and O–H groups in total. The number of anilines is 1.